The van der Waals surface area contributed by atoms with Crippen LogP contribution in [0, 0.1) is 75.5 Å². The van der Waals surface area contributed by atoms with E-state index in [-0.39, 0.29) is 130 Å². The molecule has 0 spiro atoms. The monoisotopic (exact) mass is 1770 g/mol. The van der Waals surface area contributed by atoms with Crippen molar-refractivity contribution in [3.05, 3.63) is 297 Å². The molecule has 8 aromatic carbocycles. The van der Waals surface area contributed by atoms with Gasteiger partial charge in [0.25, 0.3) is 23.7 Å². The van der Waals surface area contributed by atoms with Crippen molar-refractivity contribution in [2.75, 3.05) is 41.7 Å². The molecule has 0 saturated carbocycles. The molecular weight excluding hydrogens is 1690 g/mol. The Bertz CT molecular complexity index is 6060. The highest BCUT2D eigenvalue weighted by Crippen LogP contribution is 2.59. The van der Waals surface area contributed by atoms with Crippen molar-refractivity contribution in [3.63, 3.8) is 0 Å². The first kappa shape index (κ1) is 90.5. The van der Waals surface area contributed by atoms with Crippen LogP contribution in [0.4, 0.5) is 70.2 Å². The zero-order valence-electron chi connectivity index (χ0n) is 68.2. The van der Waals surface area contributed by atoms with Gasteiger partial charge >= 0.3 is 7.12 Å². The number of nitriles is 4. The molecule has 127 heavy (non-hydrogen) atoms. The van der Waals surface area contributed by atoms with Gasteiger partial charge in [-0.1, -0.05) is 36.4 Å². The smallest absolute Gasteiger partial charge is 0.423 e. The molecule has 12 atom stereocenters. The quantitative estimate of drug-likeness (QED) is 0.0462. The fourth-order valence-electron chi connectivity index (χ4n) is 20.1. The van der Waals surface area contributed by atoms with E-state index in [1.54, 1.807) is 71.0 Å². The Hall–Kier alpha value is -11.3. The molecule has 0 unspecified atom stereocenters. The third-order valence-corrected chi connectivity index (χ3v) is 25.2. The average molecular weight is 1770 g/mol. The summed E-state index contributed by atoms with van der Waals surface area (Å²) in [5, 5.41) is 68.3. The molecule has 0 aliphatic heterocycles. The number of imidazole rings is 2. The Morgan fingerprint density at radius 1 is 0.394 bits per heavy atom. The van der Waals surface area contributed by atoms with Crippen LogP contribution in [0.1, 0.15) is 263 Å². The summed E-state index contributed by atoms with van der Waals surface area (Å²) in [6.07, 6.45) is -4.20. The first-order valence-electron chi connectivity index (χ1n) is 40.6. The summed E-state index contributed by atoms with van der Waals surface area (Å²) in [5.41, 5.74) is 7.35. The third kappa shape index (κ3) is 16.8. The zero-order valence-corrected chi connectivity index (χ0v) is 68.2. The summed E-state index contributed by atoms with van der Waals surface area (Å²) in [7, 11) is 1.99. The van der Waals surface area contributed by atoms with E-state index in [4.69, 9.17) is 28.4 Å². The van der Waals surface area contributed by atoms with Crippen molar-refractivity contribution in [2.45, 2.75) is 180 Å². The molecule has 8 aliphatic carbocycles. The van der Waals surface area contributed by atoms with Crippen LogP contribution in [-0.4, -0.2) is 107 Å². The predicted molar refractivity (Wildman–Crippen MR) is 425 cm³/mol. The number of ether oxygens (including phenoxy) is 6. The highest BCUT2D eigenvalue weighted by Gasteiger charge is 2.56. The lowest BCUT2D eigenvalue weighted by molar-refractivity contribution is -0.169. The summed E-state index contributed by atoms with van der Waals surface area (Å²) in [6, 6.07) is 29.3. The van der Waals surface area contributed by atoms with E-state index < -0.39 is 159 Å². The van der Waals surface area contributed by atoms with Crippen LogP contribution in [0.5, 0.6) is 0 Å². The predicted octanol–water partition coefficient (Wildman–Crippen LogP) is 19.7. The molecule has 0 bridgehead atoms. The maximum absolute atomic E-state index is 15.3. The number of fused-ring (bicyclic) bond motifs is 8. The molecule has 0 amide bonds. The highest BCUT2D eigenvalue weighted by atomic mass is 19.3. The summed E-state index contributed by atoms with van der Waals surface area (Å²) < 4.78 is 268. The fourth-order valence-corrected chi connectivity index (χ4v) is 20.1. The molecule has 18 rings (SSSR count). The van der Waals surface area contributed by atoms with Crippen LogP contribution in [0.25, 0.3) is 11.4 Å². The third-order valence-electron chi connectivity index (χ3n) is 25.2. The normalized spacial score (nSPS) is 23.5. The van der Waals surface area contributed by atoms with Crippen LogP contribution in [0.2, 0.25) is 0 Å². The zero-order chi connectivity index (χ0) is 90.8. The highest BCUT2D eigenvalue weighted by molar-refractivity contribution is 6.59. The van der Waals surface area contributed by atoms with Gasteiger partial charge in [0.15, 0.2) is 6.10 Å². The summed E-state index contributed by atoms with van der Waals surface area (Å²) >= 11 is 0. The van der Waals surface area contributed by atoms with E-state index in [0.29, 0.717) is 91.0 Å². The molecule has 10 aromatic rings. The summed E-state index contributed by atoms with van der Waals surface area (Å²) in [4.78, 5) is 7.97. The number of hydrogen-bond acceptors (Lipinski definition) is 15. The van der Waals surface area contributed by atoms with Crippen LogP contribution >= 0.6 is 0 Å². The van der Waals surface area contributed by atoms with Gasteiger partial charge in [-0.25, -0.2) is 80.2 Å². The van der Waals surface area contributed by atoms with Crippen molar-refractivity contribution in [1.82, 2.24) is 19.1 Å². The van der Waals surface area contributed by atoms with Gasteiger partial charge in [0.1, 0.15) is 86.6 Å². The SMILES string of the molecule is COCO[C@H]1c2c(-n3ccnc3)ccc([C@H]3CC[C@H](F)c4cc(F)cc(C#N)c43)c2CC1(F)F.COCO[C@H]1c2c(B(O)O)ccc([C@H]3CC[C@H](F)c4cc(F)cc(C#N)c43)c2CC1(F)F.COCO[C@H]1c2c(C)ccc([C@H]3CC[C@H](F)c4cc(F)cc(C#N)c43)c2CC1(F)F.N#Cc1cc(F)cc2c1[C@@H](c1ccc(-n3ccnc3)c3c1CC(F)(F)[C@H]3O)CC[C@@H]2F. The Morgan fingerprint density at radius 3 is 1.02 bits per heavy atom. The number of methoxy groups -OCH3 is 3. The molecule has 2 heterocycles. The molecule has 8 aliphatic rings. The Balaban J connectivity index is 0.000000131. The summed E-state index contributed by atoms with van der Waals surface area (Å²) in [6.45, 7) is 0.728. The van der Waals surface area contributed by atoms with E-state index in [2.05, 4.69) is 9.97 Å². The molecule has 660 valence electrons. The van der Waals surface area contributed by atoms with Crippen molar-refractivity contribution >= 4 is 12.6 Å². The van der Waals surface area contributed by atoms with E-state index >= 15 is 8.78 Å². The minimum Gasteiger partial charge on any atom is -0.423 e. The molecule has 0 radical (unpaired) electrons. The van der Waals surface area contributed by atoms with Gasteiger partial charge in [0, 0.05) is 107 Å². The number of rotatable bonds is 16. The fraction of sp³-hybridized carbons (Fsp3) is 0.376. The minimum absolute atomic E-state index is 0.0000849. The molecule has 0 saturated heterocycles. The van der Waals surface area contributed by atoms with Crippen molar-refractivity contribution < 1.29 is 114 Å². The van der Waals surface area contributed by atoms with Crippen LogP contribution in [-0.2, 0) is 54.1 Å². The maximum Gasteiger partial charge on any atom is 0.488 e. The molecule has 17 nitrogen and oxygen atoms in total. The van der Waals surface area contributed by atoms with Crippen LogP contribution in [0.3, 0.4) is 0 Å². The van der Waals surface area contributed by atoms with E-state index in [1.807, 2.05) is 24.3 Å². The Morgan fingerprint density at radius 2 is 0.693 bits per heavy atom. The molecule has 2 aromatic heterocycles. The number of hydrogen-bond donors (Lipinski definition) is 3. The standard InChI is InChI=1S/C25H21F4N3O2.C23H17F4N3O.C23H21F4NO2.C22H20BF4NO4/c1-33-13-34-24-23-19(10-25(24,28)29)16(3-5-21(23)32-7-6-31-12-32)17-2-4-20(27)18-9-15(26)8-14(11-30)22(17)18;24-13-7-12(10-28)20-15(1-3-18(25)16(20)8-13)14-2-4-19(30-6-5-29-11-30)21-17(14)9-23(26,27)22(21)31;1-12-3-4-15(18-9-23(26,27)22(20(12)18)30-11-29-2)16-5-6-19(25)17-8-14(24)7-13(10-28)21(16)17;1-31-10-32-21-20-16(8-22(21,26)27)13(2-4-17(20)23(29)30)14-3-5-18(25)15-7-12(24)6-11(9-28)19(14)15/h3,5-9,12,17,20,24H,2,4,10,13H2,1H3;2,4-8,11,15,18,22,31H,1,3,9H2;3-4,7-8,16,19,22H,5-6,9,11H2,1-2H3;2,4,6-7,14,18,21,29-30H,3,5,8,10H2,1H3/t17-,20+,24+;15-,18+,22+;16-,19+,22+;14-,18+,21+/m1111/s1. The number of aromatic nitrogens is 4. The van der Waals surface area contributed by atoms with Gasteiger partial charge < -0.3 is 52.7 Å². The second-order valence-corrected chi connectivity index (χ2v) is 32.6. The second kappa shape index (κ2) is 36.1. The lowest BCUT2D eigenvalue weighted by atomic mass is 9.70. The van der Waals surface area contributed by atoms with Crippen LogP contribution < -0.4 is 5.46 Å². The van der Waals surface area contributed by atoms with Crippen molar-refractivity contribution in [2.24, 2.45) is 0 Å². The van der Waals surface area contributed by atoms with Crippen molar-refractivity contribution in [3.8, 4) is 35.7 Å². The van der Waals surface area contributed by atoms with E-state index in [0.717, 1.165) is 48.5 Å². The minimum atomic E-state index is -3.37. The number of alkyl halides is 12. The van der Waals surface area contributed by atoms with E-state index in [9.17, 15) is 97.7 Å². The van der Waals surface area contributed by atoms with E-state index in [1.165, 1.54) is 52.3 Å². The number of aliphatic hydroxyl groups is 1. The number of benzene rings is 8. The van der Waals surface area contributed by atoms with Gasteiger partial charge in [-0.3, -0.25) is 0 Å². The molecular formula is C93H79BF16N8O9. The first-order valence-corrected chi connectivity index (χ1v) is 40.6. The van der Waals surface area contributed by atoms with Gasteiger partial charge in [0.2, 0.25) is 0 Å². The maximum atomic E-state index is 15.3. The number of nitrogens with zero attached hydrogens (tertiary/aromatic N) is 8. The van der Waals surface area contributed by atoms with Gasteiger partial charge in [-0.15, -0.1) is 0 Å². The topological polar surface area (TPSA) is 247 Å². The Kier molecular flexibility index (Phi) is 25.7. The Labute approximate surface area is 718 Å². The molecule has 3 N–H and O–H groups in total. The lowest BCUT2D eigenvalue weighted by Crippen LogP contribution is -2.36. The van der Waals surface area contributed by atoms with Crippen LogP contribution in [0.15, 0.2) is 135 Å². The largest absolute Gasteiger partial charge is 0.488 e. The van der Waals surface area contributed by atoms with Gasteiger partial charge in [-0.05, 0) is 230 Å². The molecule has 0 fully saturated rings. The number of aryl methyl sites for hydroxylation is 1. The van der Waals surface area contributed by atoms with Gasteiger partial charge in [0.05, 0.1) is 70.6 Å². The average Bonchev–Trinajstić information content (AvgIpc) is 1.60. The number of halogens is 16. The van der Waals surface area contributed by atoms with Gasteiger partial charge in [-0.2, -0.15) is 21.0 Å². The number of aliphatic hydroxyl groups excluding tert-OH is 1. The van der Waals surface area contributed by atoms with Crippen molar-refractivity contribution in [1.29, 1.82) is 21.0 Å². The molecule has 34 heteroatoms. The lowest BCUT2D eigenvalue weighted by Gasteiger charge is -2.31. The first-order chi connectivity index (χ1) is 60.6. The second-order valence-electron chi connectivity index (χ2n) is 32.6. The summed E-state index contributed by atoms with van der Waals surface area (Å²) in [5.74, 6) is -18.1.